The maximum atomic E-state index is 11.4. The number of hydrogen-bond donors (Lipinski definition) is 1. The fraction of sp³-hybridized carbons (Fsp3) is 0.462. The Morgan fingerprint density at radius 2 is 2.29 bits per heavy atom. The van der Waals surface area contributed by atoms with Gasteiger partial charge in [-0.15, -0.1) is 0 Å². The van der Waals surface area contributed by atoms with E-state index in [-0.39, 0.29) is 11.3 Å². The number of nitrogens with one attached hydrogen (secondary N) is 1. The molecule has 1 aromatic carbocycles. The van der Waals surface area contributed by atoms with Crippen LogP contribution in [0.25, 0.3) is 0 Å². The Morgan fingerprint density at radius 3 is 3.00 bits per heavy atom. The SMILES string of the molecule is CC1(COc2ccc3c(c2)CNC3=O)COC1. The minimum Gasteiger partial charge on any atom is -0.493 e. The first-order valence-electron chi connectivity index (χ1n) is 5.78. The van der Waals surface area contributed by atoms with Gasteiger partial charge in [-0.25, -0.2) is 0 Å². The van der Waals surface area contributed by atoms with Crippen molar-refractivity contribution in [3.05, 3.63) is 29.3 Å². The van der Waals surface area contributed by atoms with Gasteiger partial charge in [0.05, 0.1) is 19.8 Å². The van der Waals surface area contributed by atoms with Crippen LogP contribution in [0.15, 0.2) is 18.2 Å². The molecule has 17 heavy (non-hydrogen) atoms. The molecule has 3 rings (SSSR count). The fourth-order valence-electron chi connectivity index (χ4n) is 2.09. The molecule has 0 aromatic heterocycles. The van der Waals surface area contributed by atoms with Gasteiger partial charge in [0.25, 0.3) is 5.91 Å². The van der Waals surface area contributed by atoms with Crippen molar-refractivity contribution < 1.29 is 14.3 Å². The van der Waals surface area contributed by atoms with E-state index in [1.54, 1.807) is 0 Å². The highest BCUT2D eigenvalue weighted by atomic mass is 16.5. The number of amides is 1. The molecule has 4 heteroatoms. The van der Waals surface area contributed by atoms with Gasteiger partial charge in [0.15, 0.2) is 0 Å². The van der Waals surface area contributed by atoms with Crippen LogP contribution in [0.3, 0.4) is 0 Å². The predicted octanol–water partition coefficient (Wildman–Crippen LogP) is 1.35. The third kappa shape index (κ3) is 1.89. The van der Waals surface area contributed by atoms with Crippen molar-refractivity contribution in [3.8, 4) is 5.75 Å². The summed E-state index contributed by atoms with van der Waals surface area (Å²) in [6, 6.07) is 5.62. The second-order valence-electron chi connectivity index (χ2n) is 5.09. The van der Waals surface area contributed by atoms with Gasteiger partial charge in [-0.1, -0.05) is 6.92 Å². The molecule has 1 aromatic rings. The van der Waals surface area contributed by atoms with Crippen molar-refractivity contribution in [2.45, 2.75) is 13.5 Å². The van der Waals surface area contributed by atoms with Crippen LogP contribution < -0.4 is 10.1 Å². The van der Waals surface area contributed by atoms with Crippen LogP contribution in [0.5, 0.6) is 5.75 Å². The maximum absolute atomic E-state index is 11.4. The number of rotatable bonds is 3. The van der Waals surface area contributed by atoms with Crippen molar-refractivity contribution in [2.75, 3.05) is 19.8 Å². The zero-order valence-electron chi connectivity index (χ0n) is 9.79. The minimum absolute atomic E-state index is 0.00547. The summed E-state index contributed by atoms with van der Waals surface area (Å²) in [6.45, 7) is 4.93. The van der Waals surface area contributed by atoms with Gasteiger partial charge in [-0.2, -0.15) is 0 Å². The van der Waals surface area contributed by atoms with E-state index in [1.165, 1.54) is 0 Å². The van der Waals surface area contributed by atoms with Gasteiger partial charge in [0.2, 0.25) is 0 Å². The largest absolute Gasteiger partial charge is 0.493 e. The van der Waals surface area contributed by atoms with Gasteiger partial charge in [0.1, 0.15) is 5.75 Å². The number of carbonyl (C=O) groups is 1. The van der Waals surface area contributed by atoms with Crippen LogP contribution in [-0.2, 0) is 11.3 Å². The average Bonchev–Trinajstić information content (AvgIpc) is 2.66. The molecule has 1 fully saturated rings. The van der Waals surface area contributed by atoms with E-state index in [4.69, 9.17) is 9.47 Å². The lowest BCUT2D eigenvalue weighted by Crippen LogP contribution is -2.44. The molecule has 0 radical (unpaired) electrons. The van der Waals surface area contributed by atoms with E-state index >= 15 is 0 Å². The summed E-state index contributed by atoms with van der Waals surface area (Å²) in [4.78, 5) is 11.4. The zero-order valence-corrected chi connectivity index (χ0v) is 9.79. The molecule has 0 atom stereocenters. The van der Waals surface area contributed by atoms with Crippen LogP contribution >= 0.6 is 0 Å². The van der Waals surface area contributed by atoms with Crippen molar-refractivity contribution in [2.24, 2.45) is 5.41 Å². The van der Waals surface area contributed by atoms with E-state index in [1.807, 2.05) is 18.2 Å². The molecule has 0 aliphatic carbocycles. The normalized spacial score (nSPS) is 20.4. The van der Waals surface area contributed by atoms with E-state index < -0.39 is 0 Å². The van der Waals surface area contributed by atoms with E-state index in [2.05, 4.69) is 12.2 Å². The molecule has 0 saturated carbocycles. The summed E-state index contributed by atoms with van der Waals surface area (Å²) < 4.78 is 10.9. The number of ether oxygens (including phenoxy) is 2. The summed E-state index contributed by atoms with van der Waals surface area (Å²) in [5, 5.41) is 2.79. The van der Waals surface area contributed by atoms with Gasteiger partial charge >= 0.3 is 0 Å². The van der Waals surface area contributed by atoms with Gasteiger partial charge < -0.3 is 14.8 Å². The van der Waals surface area contributed by atoms with Gasteiger partial charge in [-0.05, 0) is 23.8 Å². The number of fused-ring (bicyclic) bond motifs is 1. The first kappa shape index (κ1) is 10.6. The second kappa shape index (κ2) is 3.74. The molecule has 2 aliphatic rings. The Morgan fingerprint density at radius 1 is 1.47 bits per heavy atom. The standard InChI is InChI=1S/C13H15NO3/c1-13(6-16-7-13)8-17-10-2-3-11-9(4-10)5-14-12(11)15/h2-4H,5-8H2,1H3,(H,14,15). The number of benzene rings is 1. The fourth-order valence-corrected chi connectivity index (χ4v) is 2.09. The lowest BCUT2D eigenvalue weighted by atomic mass is 9.90. The van der Waals surface area contributed by atoms with Crippen LogP contribution in [0, 0.1) is 5.41 Å². The van der Waals surface area contributed by atoms with Crippen LogP contribution in [0.4, 0.5) is 0 Å². The maximum Gasteiger partial charge on any atom is 0.251 e. The van der Waals surface area contributed by atoms with Crippen molar-refractivity contribution in [1.82, 2.24) is 5.32 Å². The van der Waals surface area contributed by atoms with Crippen molar-refractivity contribution in [3.63, 3.8) is 0 Å². The average molecular weight is 233 g/mol. The summed E-state index contributed by atoms with van der Waals surface area (Å²) >= 11 is 0. The smallest absolute Gasteiger partial charge is 0.251 e. The predicted molar refractivity (Wildman–Crippen MR) is 62.0 cm³/mol. The van der Waals surface area contributed by atoms with E-state index in [0.29, 0.717) is 13.2 Å². The molecular weight excluding hydrogens is 218 g/mol. The Hall–Kier alpha value is -1.55. The third-order valence-corrected chi connectivity index (χ3v) is 3.25. The first-order valence-corrected chi connectivity index (χ1v) is 5.78. The quantitative estimate of drug-likeness (QED) is 0.857. The topological polar surface area (TPSA) is 47.6 Å². The molecule has 0 bridgehead atoms. The Labute approximate surface area is 99.9 Å². The van der Waals surface area contributed by atoms with Crippen LogP contribution in [-0.4, -0.2) is 25.7 Å². The van der Waals surface area contributed by atoms with E-state index in [0.717, 1.165) is 30.1 Å². The Balaban J connectivity index is 1.70. The molecule has 0 unspecified atom stereocenters. The summed E-state index contributed by atoms with van der Waals surface area (Å²) in [5.41, 5.74) is 1.92. The second-order valence-corrected chi connectivity index (χ2v) is 5.09. The lowest BCUT2D eigenvalue weighted by Gasteiger charge is -2.37. The first-order chi connectivity index (χ1) is 8.16. The molecule has 2 heterocycles. The molecule has 4 nitrogen and oxygen atoms in total. The molecule has 1 saturated heterocycles. The van der Waals surface area contributed by atoms with Crippen molar-refractivity contribution >= 4 is 5.91 Å². The van der Waals surface area contributed by atoms with E-state index in [9.17, 15) is 4.79 Å². The molecule has 1 amide bonds. The summed E-state index contributed by atoms with van der Waals surface area (Å²) in [6.07, 6.45) is 0. The number of carbonyl (C=O) groups excluding carboxylic acids is 1. The highest BCUT2D eigenvalue weighted by Gasteiger charge is 2.34. The van der Waals surface area contributed by atoms with Crippen molar-refractivity contribution in [1.29, 1.82) is 0 Å². The molecule has 90 valence electrons. The Kier molecular flexibility index (Phi) is 2.33. The third-order valence-electron chi connectivity index (χ3n) is 3.25. The van der Waals surface area contributed by atoms with Crippen LogP contribution in [0.1, 0.15) is 22.8 Å². The number of hydrogen-bond acceptors (Lipinski definition) is 3. The molecule has 1 N–H and O–H groups in total. The van der Waals surface area contributed by atoms with Gasteiger partial charge in [-0.3, -0.25) is 4.79 Å². The monoisotopic (exact) mass is 233 g/mol. The minimum atomic E-state index is 0.00547. The highest BCUT2D eigenvalue weighted by molar-refractivity contribution is 5.98. The lowest BCUT2D eigenvalue weighted by molar-refractivity contribution is -0.120. The molecule has 2 aliphatic heterocycles. The summed E-state index contributed by atoms with van der Waals surface area (Å²) in [5.74, 6) is 0.833. The molecular formula is C13H15NO3. The zero-order chi connectivity index (χ0) is 11.9. The molecule has 0 spiro atoms. The highest BCUT2D eigenvalue weighted by Crippen LogP contribution is 2.28. The van der Waals surface area contributed by atoms with Crippen LogP contribution in [0.2, 0.25) is 0 Å². The summed E-state index contributed by atoms with van der Waals surface area (Å²) in [7, 11) is 0. The Bertz CT molecular complexity index is 466. The van der Waals surface area contributed by atoms with Gasteiger partial charge in [0, 0.05) is 17.5 Å².